The largest absolute Gasteiger partial charge is 0.497 e. The molecule has 2 aromatic carbocycles. The van der Waals surface area contributed by atoms with Crippen LogP contribution in [0.3, 0.4) is 0 Å². The zero-order chi connectivity index (χ0) is 23.4. The molecule has 2 N–H and O–H groups in total. The van der Waals surface area contributed by atoms with E-state index in [0.717, 1.165) is 5.56 Å². The normalized spacial score (nSPS) is 13.8. The fraction of sp³-hybridized carbons (Fsp3) is 0.304. The van der Waals surface area contributed by atoms with E-state index in [4.69, 9.17) is 14.2 Å². The van der Waals surface area contributed by atoms with E-state index < -0.39 is 6.04 Å². The third-order valence-electron chi connectivity index (χ3n) is 5.39. The number of anilines is 1. The summed E-state index contributed by atoms with van der Waals surface area (Å²) in [6, 6.07) is 11.5. The van der Waals surface area contributed by atoms with Crippen LogP contribution >= 0.6 is 11.3 Å². The minimum atomic E-state index is -0.744. The Labute approximate surface area is 195 Å². The number of carbonyl (C=O) groups excluding carboxylic acids is 2. The Bertz CT molecular complexity index is 1170. The minimum Gasteiger partial charge on any atom is -0.497 e. The van der Waals surface area contributed by atoms with Gasteiger partial charge in [0.1, 0.15) is 16.8 Å². The van der Waals surface area contributed by atoms with Crippen molar-refractivity contribution in [3.63, 3.8) is 0 Å². The van der Waals surface area contributed by atoms with Crippen LogP contribution in [-0.2, 0) is 4.79 Å². The van der Waals surface area contributed by atoms with Crippen molar-refractivity contribution in [3.05, 3.63) is 48.0 Å². The number of nitrogens with one attached hydrogen (secondary N) is 2. The summed E-state index contributed by atoms with van der Waals surface area (Å²) < 4.78 is 15.9. The molecule has 1 aliphatic heterocycles. The van der Waals surface area contributed by atoms with Crippen LogP contribution < -0.4 is 24.8 Å². The van der Waals surface area contributed by atoms with E-state index in [-0.39, 0.29) is 24.5 Å². The number of aromatic nitrogens is 2. The lowest BCUT2D eigenvalue weighted by Crippen LogP contribution is -2.47. The van der Waals surface area contributed by atoms with Crippen LogP contribution in [0.4, 0.5) is 5.13 Å². The van der Waals surface area contributed by atoms with Crippen LogP contribution in [0.5, 0.6) is 17.2 Å². The lowest BCUT2D eigenvalue weighted by molar-refractivity contribution is -0.119. The fourth-order valence-corrected chi connectivity index (χ4v) is 4.04. The topological polar surface area (TPSA) is 112 Å². The van der Waals surface area contributed by atoms with Crippen molar-refractivity contribution in [2.75, 3.05) is 19.2 Å². The number of amides is 2. The highest BCUT2D eigenvalue weighted by atomic mass is 32.1. The number of hydrogen-bond acceptors (Lipinski definition) is 8. The molecule has 2 atom stereocenters. The van der Waals surface area contributed by atoms with Gasteiger partial charge in [0.25, 0.3) is 5.91 Å². The second kappa shape index (κ2) is 9.86. The Kier molecular flexibility index (Phi) is 6.74. The molecule has 10 heteroatoms. The van der Waals surface area contributed by atoms with Crippen molar-refractivity contribution in [2.24, 2.45) is 5.92 Å². The molecule has 1 aliphatic rings. The Balaban J connectivity index is 1.47. The molecule has 2 amide bonds. The predicted octanol–water partition coefficient (Wildman–Crippen LogP) is 3.73. The van der Waals surface area contributed by atoms with Crippen LogP contribution in [0.25, 0.3) is 10.6 Å². The Morgan fingerprint density at radius 2 is 1.97 bits per heavy atom. The van der Waals surface area contributed by atoms with Crippen molar-refractivity contribution in [1.82, 2.24) is 15.5 Å². The first kappa shape index (κ1) is 22.5. The molecule has 0 fully saturated rings. The molecule has 0 saturated carbocycles. The Morgan fingerprint density at radius 3 is 2.76 bits per heavy atom. The van der Waals surface area contributed by atoms with E-state index in [0.29, 0.717) is 39.4 Å². The maximum Gasteiger partial charge on any atom is 0.252 e. The summed E-state index contributed by atoms with van der Waals surface area (Å²) in [4.78, 5) is 25.8. The van der Waals surface area contributed by atoms with Crippen molar-refractivity contribution < 1.29 is 23.8 Å². The van der Waals surface area contributed by atoms with Gasteiger partial charge in [0.15, 0.2) is 11.5 Å². The molecule has 2 unspecified atom stereocenters. The monoisotopic (exact) mass is 468 g/mol. The number of nitrogens with zero attached hydrogens (tertiary/aromatic N) is 2. The van der Waals surface area contributed by atoms with Crippen molar-refractivity contribution >= 4 is 28.3 Å². The molecule has 33 heavy (non-hydrogen) atoms. The first-order chi connectivity index (χ1) is 16.0. The fourth-order valence-electron chi connectivity index (χ4n) is 3.29. The number of ether oxygens (including phenoxy) is 3. The van der Waals surface area contributed by atoms with E-state index in [1.54, 1.807) is 24.3 Å². The first-order valence-corrected chi connectivity index (χ1v) is 11.3. The number of fused-ring (bicyclic) bond motifs is 1. The van der Waals surface area contributed by atoms with Gasteiger partial charge in [-0.2, -0.15) is 0 Å². The molecular formula is C23H24N4O5S. The van der Waals surface area contributed by atoms with Gasteiger partial charge >= 0.3 is 0 Å². The molecule has 0 radical (unpaired) electrons. The second-order valence-electron chi connectivity index (χ2n) is 7.54. The van der Waals surface area contributed by atoms with Gasteiger partial charge in [-0.25, -0.2) is 0 Å². The van der Waals surface area contributed by atoms with E-state index in [9.17, 15) is 9.59 Å². The summed E-state index contributed by atoms with van der Waals surface area (Å²) in [6.07, 6.45) is 0.703. The average molecular weight is 469 g/mol. The van der Waals surface area contributed by atoms with Crippen LogP contribution in [0, 0.1) is 5.92 Å². The quantitative estimate of drug-likeness (QED) is 0.518. The molecule has 3 aromatic rings. The highest BCUT2D eigenvalue weighted by Crippen LogP contribution is 2.37. The Morgan fingerprint density at radius 1 is 1.15 bits per heavy atom. The van der Waals surface area contributed by atoms with Gasteiger partial charge in [-0.05, 0) is 42.3 Å². The lowest BCUT2D eigenvalue weighted by Gasteiger charge is -2.23. The van der Waals surface area contributed by atoms with E-state index in [1.807, 2.05) is 32.0 Å². The molecule has 0 bridgehead atoms. The molecule has 9 nitrogen and oxygen atoms in total. The third-order valence-corrected chi connectivity index (χ3v) is 6.28. The highest BCUT2D eigenvalue weighted by molar-refractivity contribution is 7.18. The van der Waals surface area contributed by atoms with Crippen LogP contribution in [0.15, 0.2) is 42.5 Å². The zero-order valence-electron chi connectivity index (χ0n) is 18.5. The zero-order valence-corrected chi connectivity index (χ0v) is 19.3. The third kappa shape index (κ3) is 5.06. The molecule has 1 aromatic heterocycles. The van der Waals surface area contributed by atoms with Crippen molar-refractivity contribution in [3.8, 4) is 27.8 Å². The van der Waals surface area contributed by atoms with Gasteiger partial charge < -0.3 is 19.5 Å². The average Bonchev–Trinajstić information content (AvgIpc) is 3.50. The van der Waals surface area contributed by atoms with Gasteiger partial charge in [0.2, 0.25) is 17.8 Å². The SMILES string of the molecule is CCC(C)C(NC(=O)c1cccc(OC)c1)C(=O)Nc1nnc(-c2ccc3c(c2)OCO3)s1. The van der Waals surface area contributed by atoms with Gasteiger partial charge in [0, 0.05) is 11.1 Å². The molecule has 172 valence electrons. The summed E-state index contributed by atoms with van der Waals surface area (Å²) in [6.45, 7) is 4.06. The molecule has 0 aliphatic carbocycles. The second-order valence-corrected chi connectivity index (χ2v) is 8.52. The van der Waals surface area contributed by atoms with Gasteiger partial charge in [-0.1, -0.05) is 37.7 Å². The molecular weight excluding hydrogens is 444 g/mol. The Hall–Kier alpha value is -3.66. The smallest absolute Gasteiger partial charge is 0.252 e. The lowest BCUT2D eigenvalue weighted by atomic mass is 9.98. The number of hydrogen-bond donors (Lipinski definition) is 2. The molecule has 0 saturated heterocycles. The van der Waals surface area contributed by atoms with E-state index in [1.165, 1.54) is 18.4 Å². The van der Waals surface area contributed by atoms with Crippen LogP contribution in [-0.4, -0.2) is 42.0 Å². The number of carbonyl (C=O) groups is 2. The van der Waals surface area contributed by atoms with Crippen LogP contribution in [0.1, 0.15) is 30.6 Å². The van der Waals surface area contributed by atoms with Crippen molar-refractivity contribution in [1.29, 1.82) is 0 Å². The first-order valence-electron chi connectivity index (χ1n) is 10.5. The van der Waals surface area contributed by atoms with Crippen molar-refractivity contribution in [2.45, 2.75) is 26.3 Å². The maximum atomic E-state index is 13.1. The summed E-state index contributed by atoms with van der Waals surface area (Å²) >= 11 is 1.24. The minimum absolute atomic E-state index is 0.0965. The highest BCUT2D eigenvalue weighted by Gasteiger charge is 2.27. The summed E-state index contributed by atoms with van der Waals surface area (Å²) in [5.74, 6) is 1.09. The predicted molar refractivity (Wildman–Crippen MR) is 124 cm³/mol. The molecule has 2 heterocycles. The van der Waals surface area contributed by atoms with Gasteiger partial charge in [0.05, 0.1) is 7.11 Å². The number of benzene rings is 2. The molecule has 0 spiro atoms. The standard InChI is InChI=1S/C23H24N4O5S/c1-4-13(2)19(24-20(28)14-6-5-7-16(10-14)30-3)21(29)25-23-27-26-22(33-23)15-8-9-17-18(11-15)32-12-31-17/h5-11,13,19H,4,12H2,1-3H3,(H,24,28)(H,25,27,29). The van der Waals surface area contributed by atoms with Crippen LogP contribution in [0.2, 0.25) is 0 Å². The van der Waals surface area contributed by atoms with E-state index in [2.05, 4.69) is 20.8 Å². The summed E-state index contributed by atoms with van der Waals surface area (Å²) in [7, 11) is 1.53. The number of rotatable bonds is 8. The number of methoxy groups -OCH3 is 1. The van der Waals surface area contributed by atoms with Gasteiger partial charge in [-0.15, -0.1) is 10.2 Å². The van der Waals surface area contributed by atoms with E-state index >= 15 is 0 Å². The summed E-state index contributed by atoms with van der Waals surface area (Å²) in [5, 5.41) is 14.9. The maximum absolute atomic E-state index is 13.1. The summed E-state index contributed by atoms with van der Waals surface area (Å²) in [5.41, 5.74) is 1.22. The van der Waals surface area contributed by atoms with Gasteiger partial charge in [-0.3, -0.25) is 14.9 Å². The molecule has 4 rings (SSSR count).